The number of nitrogens with two attached hydrogens (primary N) is 2. The van der Waals surface area contributed by atoms with Crippen LogP contribution in [-0.2, 0) is 0 Å². The zero-order valence-electron chi connectivity index (χ0n) is 8.75. The number of thiazole rings is 1. The van der Waals surface area contributed by atoms with Crippen LogP contribution in [0.5, 0.6) is 0 Å². The third-order valence-electron chi connectivity index (χ3n) is 1.74. The first kappa shape index (κ1) is 12.1. The van der Waals surface area contributed by atoms with Crippen molar-refractivity contribution < 1.29 is 4.79 Å². The lowest BCUT2D eigenvalue weighted by Crippen LogP contribution is -2.12. The molecule has 84 valence electrons. The highest BCUT2D eigenvalue weighted by molar-refractivity contribution is 7.13. The summed E-state index contributed by atoms with van der Waals surface area (Å²) in [5.41, 5.74) is 11.6. The molecule has 2 rings (SSSR count). The van der Waals surface area contributed by atoms with Gasteiger partial charge < -0.3 is 11.5 Å². The summed E-state index contributed by atoms with van der Waals surface area (Å²) in [5.74, 6) is -0.403. The van der Waals surface area contributed by atoms with Gasteiger partial charge in [0, 0.05) is 29.5 Å². The molecule has 1 amide bonds. The van der Waals surface area contributed by atoms with Crippen LogP contribution in [0.4, 0.5) is 5.13 Å². The number of rotatable bonds is 1. The fourth-order valence-electron chi connectivity index (χ4n) is 0.984. The summed E-state index contributed by atoms with van der Waals surface area (Å²) in [6.07, 6.45) is 4.84. The van der Waals surface area contributed by atoms with E-state index in [2.05, 4.69) is 9.97 Å². The Labute approximate surface area is 97.1 Å². The molecule has 0 aliphatic rings. The number of anilines is 1. The number of amides is 1. The van der Waals surface area contributed by atoms with Crippen LogP contribution in [0.25, 0.3) is 0 Å². The van der Waals surface area contributed by atoms with Gasteiger partial charge in [-0.15, -0.1) is 11.3 Å². The van der Waals surface area contributed by atoms with Crippen molar-refractivity contribution in [1.82, 2.24) is 9.97 Å². The first-order valence-electron chi connectivity index (χ1n) is 4.46. The third kappa shape index (κ3) is 3.66. The maximum Gasteiger partial charge on any atom is 0.249 e. The zero-order valence-corrected chi connectivity index (χ0v) is 9.57. The Bertz CT molecular complexity index is 456. The van der Waals surface area contributed by atoms with Crippen LogP contribution >= 0.6 is 11.3 Å². The molecule has 2 heterocycles. The summed E-state index contributed by atoms with van der Waals surface area (Å²) in [7, 11) is 0. The predicted molar refractivity (Wildman–Crippen MR) is 64.0 cm³/mol. The van der Waals surface area contributed by atoms with Gasteiger partial charge in [0.1, 0.15) is 0 Å². The second-order valence-corrected chi connectivity index (χ2v) is 3.85. The van der Waals surface area contributed by atoms with E-state index in [0.29, 0.717) is 10.7 Å². The Morgan fingerprint density at radius 1 is 1.44 bits per heavy atom. The minimum Gasteiger partial charge on any atom is -0.375 e. The number of carbonyl (C=O) groups excluding carboxylic acids is 1. The van der Waals surface area contributed by atoms with Crippen LogP contribution in [0.3, 0.4) is 0 Å². The fraction of sp³-hybridized carbons (Fsp3) is 0.100. The summed E-state index contributed by atoms with van der Waals surface area (Å²) in [5, 5.41) is 2.48. The minimum atomic E-state index is -0.403. The van der Waals surface area contributed by atoms with Gasteiger partial charge in [-0.25, -0.2) is 4.98 Å². The van der Waals surface area contributed by atoms with Crippen molar-refractivity contribution in [3.63, 3.8) is 0 Å². The molecule has 0 saturated carbocycles. The van der Waals surface area contributed by atoms with Crippen LogP contribution in [0.15, 0.2) is 30.0 Å². The largest absolute Gasteiger partial charge is 0.375 e. The van der Waals surface area contributed by atoms with Gasteiger partial charge in [-0.1, -0.05) is 0 Å². The molecular formula is C10H12N4OS. The average molecular weight is 236 g/mol. The number of aryl methyl sites for hydroxylation is 1. The molecule has 2 aromatic heterocycles. The van der Waals surface area contributed by atoms with Crippen molar-refractivity contribution in [3.05, 3.63) is 41.2 Å². The average Bonchev–Trinajstić information content (AvgIpc) is 2.70. The van der Waals surface area contributed by atoms with Crippen molar-refractivity contribution in [3.8, 4) is 0 Å². The molecular weight excluding hydrogens is 224 g/mol. The predicted octanol–water partition coefficient (Wildman–Crippen LogP) is 1.21. The van der Waals surface area contributed by atoms with E-state index in [1.807, 2.05) is 5.38 Å². The van der Waals surface area contributed by atoms with E-state index in [-0.39, 0.29) is 0 Å². The maximum atomic E-state index is 10.6. The number of carbonyl (C=O) groups is 1. The van der Waals surface area contributed by atoms with Gasteiger partial charge in [-0.05, 0) is 18.6 Å². The molecule has 0 aliphatic carbocycles. The van der Waals surface area contributed by atoms with Crippen molar-refractivity contribution in [1.29, 1.82) is 0 Å². The molecule has 0 unspecified atom stereocenters. The van der Waals surface area contributed by atoms with Crippen LogP contribution in [-0.4, -0.2) is 15.9 Å². The van der Waals surface area contributed by atoms with Crippen molar-refractivity contribution in [2.75, 3.05) is 5.73 Å². The van der Waals surface area contributed by atoms with Gasteiger partial charge in [-0.2, -0.15) is 0 Å². The fourth-order valence-corrected chi connectivity index (χ4v) is 1.37. The monoisotopic (exact) mass is 236 g/mol. The van der Waals surface area contributed by atoms with Crippen molar-refractivity contribution >= 4 is 22.4 Å². The topological polar surface area (TPSA) is 94.9 Å². The molecule has 0 radical (unpaired) electrons. The molecule has 0 spiro atoms. The second-order valence-electron chi connectivity index (χ2n) is 2.93. The molecule has 0 saturated heterocycles. The van der Waals surface area contributed by atoms with Crippen molar-refractivity contribution in [2.45, 2.75) is 6.92 Å². The lowest BCUT2D eigenvalue weighted by atomic mass is 10.1. The Morgan fingerprint density at radius 2 is 2.19 bits per heavy atom. The number of nitrogen functional groups attached to an aromatic ring is 1. The number of pyridine rings is 1. The molecule has 0 fully saturated rings. The van der Waals surface area contributed by atoms with Gasteiger partial charge in [-0.3, -0.25) is 9.78 Å². The van der Waals surface area contributed by atoms with Crippen LogP contribution in [0.1, 0.15) is 15.9 Å². The molecule has 0 bridgehead atoms. The maximum absolute atomic E-state index is 10.6. The van der Waals surface area contributed by atoms with E-state index < -0.39 is 5.91 Å². The normalized spacial score (nSPS) is 9.06. The van der Waals surface area contributed by atoms with E-state index in [4.69, 9.17) is 11.5 Å². The Hall–Kier alpha value is -1.95. The van der Waals surface area contributed by atoms with Crippen LogP contribution in [0, 0.1) is 6.92 Å². The van der Waals surface area contributed by atoms with Gasteiger partial charge in [0.25, 0.3) is 0 Å². The van der Waals surface area contributed by atoms with Crippen LogP contribution in [0.2, 0.25) is 0 Å². The summed E-state index contributed by atoms with van der Waals surface area (Å²) < 4.78 is 0. The molecule has 0 aromatic carbocycles. The minimum absolute atomic E-state index is 0.403. The number of aromatic nitrogens is 2. The van der Waals surface area contributed by atoms with Crippen LogP contribution < -0.4 is 11.5 Å². The van der Waals surface area contributed by atoms with Gasteiger partial charge in [0.2, 0.25) is 5.91 Å². The first-order chi connectivity index (χ1) is 7.61. The second kappa shape index (κ2) is 5.82. The highest BCUT2D eigenvalue weighted by Gasteiger charge is 2.01. The Morgan fingerprint density at radius 3 is 2.50 bits per heavy atom. The molecule has 4 N–H and O–H groups in total. The van der Waals surface area contributed by atoms with E-state index in [1.165, 1.54) is 11.3 Å². The third-order valence-corrected chi connectivity index (χ3v) is 2.34. The highest BCUT2D eigenvalue weighted by Crippen LogP contribution is 2.02. The summed E-state index contributed by atoms with van der Waals surface area (Å²) in [6, 6.07) is 1.61. The highest BCUT2D eigenvalue weighted by atomic mass is 32.1. The van der Waals surface area contributed by atoms with Gasteiger partial charge >= 0.3 is 0 Å². The van der Waals surface area contributed by atoms with E-state index in [9.17, 15) is 4.79 Å². The van der Waals surface area contributed by atoms with Gasteiger partial charge in [0.05, 0.1) is 0 Å². The smallest absolute Gasteiger partial charge is 0.249 e. The molecule has 0 aliphatic heterocycles. The lowest BCUT2D eigenvalue weighted by Gasteiger charge is -1.96. The summed E-state index contributed by atoms with van der Waals surface area (Å²) >= 11 is 1.44. The zero-order chi connectivity index (χ0) is 12.0. The SMILES string of the molecule is Cc1cnccc1C(N)=O.Nc1nccs1. The number of hydrogen-bond acceptors (Lipinski definition) is 5. The number of primary amides is 1. The first-order valence-corrected chi connectivity index (χ1v) is 5.34. The van der Waals surface area contributed by atoms with Crippen molar-refractivity contribution in [2.24, 2.45) is 5.73 Å². The number of hydrogen-bond donors (Lipinski definition) is 2. The Balaban J connectivity index is 0.000000181. The molecule has 0 atom stereocenters. The van der Waals surface area contributed by atoms with E-state index in [1.54, 1.807) is 31.6 Å². The number of nitrogens with zero attached hydrogens (tertiary/aromatic N) is 2. The lowest BCUT2D eigenvalue weighted by molar-refractivity contribution is 0.0999. The standard InChI is InChI=1S/C7H8N2O.C3H4N2S/c1-5-4-9-3-2-6(5)7(8)10;4-3-5-1-2-6-3/h2-4H,1H3,(H2,8,10);1-2H,(H2,4,5). The molecule has 16 heavy (non-hydrogen) atoms. The quantitative estimate of drug-likeness (QED) is 0.778. The summed E-state index contributed by atoms with van der Waals surface area (Å²) in [6.45, 7) is 1.80. The molecule has 6 heteroatoms. The molecule has 5 nitrogen and oxygen atoms in total. The molecule has 2 aromatic rings. The Kier molecular flexibility index (Phi) is 4.41. The summed E-state index contributed by atoms with van der Waals surface area (Å²) in [4.78, 5) is 18.1. The van der Waals surface area contributed by atoms with E-state index in [0.717, 1.165) is 5.56 Å². The van der Waals surface area contributed by atoms with E-state index >= 15 is 0 Å². The van der Waals surface area contributed by atoms with Gasteiger partial charge in [0.15, 0.2) is 5.13 Å².